The van der Waals surface area contributed by atoms with Crippen LogP contribution in [0.2, 0.25) is 0 Å². The highest BCUT2D eigenvalue weighted by molar-refractivity contribution is 5.64. The molecule has 2 aromatic rings. The van der Waals surface area contributed by atoms with Crippen molar-refractivity contribution in [3.63, 3.8) is 0 Å². The van der Waals surface area contributed by atoms with Gasteiger partial charge in [-0.25, -0.2) is 0 Å². The standard InChI is InChI=1S/C16H16O/c1-3-16(17)15-10-8-14(9-11-15)13-6-4-12(2)5-7-13/h3-11,16-17H,1H2,2H3. The van der Waals surface area contributed by atoms with E-state index in [1.807, 2.05) is 24.3 Å². The van der Waals surface area contributed by atoms with E-state index in [0.717, 1.165) is 11.1 Å². The Bertz CT molecular complexity index is 494. The summed E-state index contributed by atoms with van der Waals surface area (Å²) in [4.78, 5) is 0. The van der Waals surface area contributed by atoms with Crippen LogP contribution in [0.3, 0.4) is 0 Å². The summed E-state index contributed by atoms with van der Waals surface area (Å²) in [7, 11) is 0. The Kier molecular flexibility index (Phi) is 3.40. The first-order valence-electron chi connectivity index (χ1n) is 5.68. The molecule has 0 heterocycles. The second kappa shape index (κ2) is 4.98. The van der Waals surface area contributed by atoms with Gasteiger partial charge in [-0.3, -0.25) is 0 Å². The molecule has 0 saturated heterocycles. The quantitative estimate of drug-likeness (QED) is 0.784. The smallest absolute Gasteiger partial charge is 0.0969 e. The van der Waals surface area contributed by atoms with Crippen LogP contribution >= 0.6 is 0 Å². The average molecular weight is 224 g/mol. The van der Waals surface area contributed by atoms with E-state index >= 15 is 0 Å². The minimum absolute atomic E-state index is 0.581. The molecular weight excluding hydrogens is 208 g/mol. The maximum atomic E-state index is 9.61. The molecule has 0 aliphatic rings. The lowest BCUT2D eigenvalue weighted by Gasteiger charge is -2.07. The second-order valence-electron chi connectivity index (χ2n) is 4.17. The molecule has 1 atom stereocenters. The molecule has 0 aliphatic heterocycles. The van der Waals surface area contributed by atoms with Crippen LogP contribution in [-0.2, 0) is 0 Å². The molecule has 0 bridgehead atoms. The number of aliphatic hydroxyl groups excluding tert-OH is 1. The minimum atomic E-state index is -0.581. The fourth-order valence-electron chi connectivity index (χ4n) is 1.75. The maximum absolute atomic E-state index is 9.61. The molecule has 1 unspecified atom stereocenters. The summed E-state index contributed by atoms with van der Waals surface area (Å²) >= 11 is 0. The Morgan fingerprint density at radius 2 is 1.41 bits per heavy atom. The Morgan fingerprint density at radius 3 is 1.88 bits per heavy atom. The van der Waals surface area contributed by atoms with E-state index < -0.39 is 6.10 Å². The molecule has 17 heavy (non-hydrogen) atoms. The lowest BCUT2D eigenvalue weighted by atomic mass is 10.0. The van der Waals surface area contributed by atoms with Crippen LogP contribution in [0.5, 0.6) is 0 Å². The number of hydrogen-bond donors (Lipinski definition) is 1. The van der Waals surface area contributed by atoms with E-state index in [-0.39, 0.29) is 0 Å². The molecule has 0 amide bonds. The zero-order valence-electron chi connectivity index (χ0n) is 9.93. The van der Waals surface area contributed by atoms with E-state index in [4.69, 9.17) is 0 Å². The Balaban J connectivity index is 2.29. The molecule has 1 nitrogen and oxygen atoms in total. The summed E-state index contributed by atoms with van der Waals surface area (Å²) in [5.74, 6) is 0. The molecule has 0 aliphatic carbocycles. The van der Waals surface area contributed by atoms with E-state index in [0.29, 0.717) is 0 Å². The number of aliphatic hydroxyl groups is 1. The molecule has 0 saturated carbocycles. The van der Waals surface area contributed by atoms with Crippen molar-refractivity contribution >= 4 is 0 Å². The van der Waals surface area contributed by atoms with Crippen molar-refractivity contribution in [2.45, 2.75) is 13.0 Å². The highest BCUT2D eigenvalue weighted by Crippen LogP contribution is 2.22. The Labute approximate surface area is 102 Å². The predicted octanol–water partition coefficient (Wildman–Crippen LogP) is 3.88. The zero-order chi connectivity index (χ0) is 12.3. The van der Waals surface area contributed by atoms with Crippen molar-refractivity contribution in [3.8, 4) is 11.1 Å². The van der Waals surface area contributed by atoms with Crippen molar-refractivity contribution in [3.05, 3.63) is 72.3 Å². The van der Waals surface area contributed by atoms with Crippen molar-refractivity contribution in [2.75, 3.05) is 0 Å². The summed E-state index contributed by atoms with van der Waals surface area (Å²) < 4.78 is 0. The fraction of sp³-hybridized carbons (Fsp3) is 0.125. The highest BCUT2D eigenvalue weighted by Gasteiger charge is 2.02. The van der Waals surface area contributed by atoms with Crippen molar-refractivity contribution < 1.29 is 5.11 Å². The summed E-state index contributed by atoms with van der Waals surface area (Å²) in [5, 5.41) is 9.61. The van der Waals surface area contributed by atoms with Crippen molar-refractivity contribution in [1.29, 1.82) is 0 Å². The van der Waals surface area contributed by atoms with Gasteiger partial charge in [-0.05, 0) is 23.6 Å². The predicted molar refractivity (Wildman–Crippen MR) is 71.8 cm³/mol. The lowest BCUT2D eigenvalue weighted by molar-refractivity contribution is 0.229. The molecule has 2 rings (SSSR count). The average Bonchev–Trinajstić information content (AvgIpc) is 2.39. The first-order chi connectivity index (χ1) is 8.20. The molecule has 2 aromatic carbocycles. The molecule has 0 radical (unpaired) electrons. The highest BCUT2D eigenvalue weighted by atomic mass is 16.3. The van der Waals surface area contributed by atoms with Gasteiger partial charge < -0.3 is 5.11 Å². The van der Waals surface area contributed by atoms with E-state index in [9.17, 15) is 5.11 Å². The van der Waals surface area contributed by atoms with Gasteiger partial charge in [0.1, 0.15) is 0 Å². The maximum Gasteiger partial charge on any atom is 0.0969 e. The van der Waals surface area contributed by atoms with Gasteiger partial charge >= 0.3 is 0 Å². The first-order valence-corrected chi connectivity index (χ1v) is 5.68. The SMILES string of the molecule is C=CC(O)c1ccc(-c2ccc(C)cc2)cc1. The Morgan fingerprint density at radius 1 is 0.941 bits per heavy atom. The number of hydrogen-bond acceptors (Lipinski definition) is 1. The topological polar surface area (TPSA) is 20.2 Å². The van der Waals surface area contributed by atoms with Crippen LogP contribution in [0.25, 0.3) is 11.1 Å². The van der Waals surface area contributed by atoms with Crippen LogP contribution in [0.1, 0.15) is 17.2 Å². The van der Waals surface area contributed by atoms with Gasteiger partial charge in [-0.1, -0.05) is 60.2 Å². The van der Waals surface area contributed by atoms with Crippen LogP contribution in [0.15, 0.2) is 61.2 Å². The molecule has 1 N–H and O–H groups in total. The molecular formula is C16H16O. The van der Waals surface area contributed by atoms with Gasteiger partial charge in [0.15, 0.2) is 0 Å². The summed E-state index contributed by atoms with van der Waals surface area (Å²) in [6.45, 7) is 5.65. The number of benzene rings is 2. The number of aryl methyl sites for hydroxylation is 1. The largest absolute Gasteiger partial charge is 0.384 e. The zero-order valence-corrected chi connectivity index (χ0v) is 9.93. The van der Waals surface area contributed by atoms with E-state index in [1.165, 1.54) is 17.2 Å². The van der Waals surface area contributed by atoms with Gasteiger partial charge in [0.25, 0.3) is 0 Å². The van der Waals surface area contributed by atoms with Gasteiger partial charge in [-0.15, -0.1) is 6.58 Å². The van der Waals surface area contributed by atoms with E-state index in [2.05, 4.69) is 37.8 Å². The molecule has 0 aromatic heterocycles. The second-order valence-corrected chi connectivity index (χ2v) is 4.17. The Hall–Kier alpha value is -1.86. The first kappa shape index (κ1) is 11.6. The van der Waals surface area contributed by atoms with Crippen LogP contribution in [0, 0.1) is 6.92 Å². The minimum Gasteiger partial charge on any atom is -0.384 e. The molecule has 86 valence electrons. The third-order valence-corrected chi connectivity index (χ3v) is 2.86. The third-order valence-electron chi connectivity index (χ3n) is 2.86. The van der Waals surface area contributed by atoms with Gasteiger partial charge in [0.2, 0.25) is 0 Å². The van der Waals surface area contributed by atoms with E-state index in [1.54, 1.807) is 0 Å². The monoisotopic (exact) mass is 224 g/mol. The summed E-state index contributed by atoms with van der Waals surface area (Å²) in [5.41, 5.74) is 4.48. The van der Waals surface area contributed by atoms with Crippen LogP contribution < -0.4 is 0 Å². The van der Waals surface area contributed by atoms with Crippen molar-refractivity contribution in [1.82, 2.24) is 0 Å². The van der Waals surface area contributed by atoms with Gasteiger partial charge in [0, 0.05) is 0 Å². The fourth-order valence-corrected chi connectivity index (χ4v) is 1.75. The molecule has 0 spiro atoms. The lowest BCUT2D eigenvalue weighted by Crippen LogP contribution is -1.91. The normalized spacial score (nSPS) is 12.1. The van der Waals surface area contributed by atoms with Gasteiger partial charge in [0.05, 0.1) is 6.10 Å². The van der Waals surface area contributed by atoms with Crippen LogP contribution in [-0.4, -0.2) is 5.11 Å². The summed E-state index contributed by atoms with van der Waals surface area (Å²) in [6.07, 6.45) is 0.947. The van der Waals surface area contributed by atoms with Gasteiger partial charge in [-0.2, -0.15) is 0 Å². The molecule has 0 fully saturated rings. The van der Waals surface area contributed by atoms with Crippen LogP contribution in [0.4, 0.5) is 0 Å². The van der Waals surface area contributed by atoms with Crippen molar-refractivity contribution in [2.24, 2.45) is 0 Å². The third kappa shape index (κ3) is 2.63. The molecule has 1 heteroatoms. The summed E-state index contributed by atoms with van der Waals surface area (Å²) in [6, 6.07) is 16.3. The number of rotatable bonds is 3.